The molecule has 2 aliphatic rings. The van der Waals surface area contributed by atoms with Crippen molar-refractivity contribution in [2.24, 2.45) is 20.5 Å². The van der Waals surface area contributed by atoms with Gasteiger partial charge in [0.25, 0.3) is 0 Å². The molecule has 1 aliphatic heterocycles. The molecule has 0 aromatic rings. The molecule has 0 amide bonds. The van der Waals surface area contributed by atoms with Gasteiger partial charge in [-0.1, -0.05) is 32.6 Å². The van der Waals surface area contributed by atoms with Gasteiger partial charge in [-0.3, -0.25) is 0 Å². The Balaban J connectivity index is 2.25. The molecular weight excluding hydrogens is 376 g/mol. The Kier molecular flexibility index (Phi) is 7.72. The summed E-state index contributed by atoms with van der Waals surface area (Å²) in [7, 11) is 0. The first-order chi connectivity index (χ1) is 13.5. The maximum absolute atomic E-state index is 10.4. The van der Waals surface area contributed by atoms with E-state index in [1.165, 1.54) is 12.2 Å². The van der Waals surface area contributed by atoms with E-state index in [-0.39, 0.29) is 13.0 Å². The molecule has 1 heterocycles. The van der Waals surface area contributed by atoms with Crippen molar-refractivity contribution in [3.05, 3.63) is 53.9 Å². The quantitative estimate of drug-likeness (QED) is 0.285. The van der Waals surface area contributed by atoms with Crippen LogP contribution in [-0.2, 0) is 9.47 Å². The molecule has 2 rings (SSSR count). The van der Waals surface area contributed by atoms with Gasteiger partial charge in [-0.15, -0.1) is 0 Å². The molecule has 8 atom stereocenters. The second kappa shape index (κ2) is 10.2. The van der Waals surface area contributed by atoms with E-state index in [0.29, 0.717) is 0 Å². The van der Waals surface area contributed by atoms with E-state index >= 15 is 0 Å². The van der Waals surface area contributed by atoms with E-state index in [9.17, 15) is 10.2 Å². The summed E-state index contributed by atoms with van der Waals surface area (Å²) in [6.45, 7) is -0.0512. The molecule has 0 aromatic carbocycles. The van der Waals surface area contributed by atoms with Gasteiger partial charge < -0.3 is 19.7 Å². The molecule has 1 fully saturated rings. The molecule has 28 heavy (non-hydrogen) atoms. The number of aliphatic hydroxyl groups is 2. The van der Waals surface area contributed by atoms with Gasteiger partial charge in [0.15, 0.2) is 6.29 Å². The van der Waals surface area contributed by atoms with Crippen LogP contribution in [0.5, 0.6) is 0 Å². The standard InChI is InChI=1S/C12H16N12O4/c13-21-17-4-5-1-2-6(18-22-14)12(27-5)28-11-8(20-24-16)3-7(19-23-15)9(25)10(11)26/h1-2,5-12,25-26H,3-4H2/t5?,6?,7?,8?,9?,10-,11?,12-/m1/s1. The average molecular weight is 392 g/mol. The summed E-state index contributed by atoms with van der Waals surface area (Å²) in [4.78, 5) is 10.6. The molecule has 148 valence electrons. The van der Waals surface area contributed by atoms with Crippen LogP contribution in [0.3, 0.4) is 0 Å². The fraction of sp³-hybridized carbons (Fsp3) is 0.833. The normalized spacial score (nSPS) is 36.8. The van der Waals surface area contributed by atoms with Crippen LogP contribution in [0.2, 0.25) is 0 Å². The molecule has 1 saturated carbocycles. The van der Waals surface area contributed by atoms with E-state index in [0.717, 1.165) is 0 Å². The molecule has 2 N–H and O–H groups in total. The molecule has 16 heteroatoms. The molecule has 16 nitrogen and oxygen atoms in total. The van der Waals surface area contributed by atoms with Crippen molar-refractivity contribution in [3.8, 4) is 0 Å². The number of ether oxygens (including phenoxy) is 2. The number of aliphatic hydroxyl groups excluding tert-OH is 2. The summed E-state index contributed by atoms with van der Waals surface area (Å²) in [6, 6.07) is -2.93. The third-order valence-electron chi connectivity index (χ3n) is 4.25. The first-order valence-corrected chi connectivity index (χ1v) is 8.04. The summed E-state index contributed by atoms with van der Waals surface area (Å²) < 4.78 is 11.3. The summed E-state index contributed by atoms with van der Waals surface area (Å²) in [5.74, 6) is 0. The van der Waals surface area contributed by atoms with Crippen LogP contribution in [0.4, 0.5) is 0 Å². The third-order valence-corrected chi connectivity index (χ3v) is 4.25. The van der Waals surface area contributed by atoms with Crippen LogP contribution in [0.1, 0.15) is 6.42 Å². The van der Waals surface area contributed by atoms with Gasteiger partial charge in [0.05, 0.1) is 36.9 Å². The Labute approximate surface area is 156 Å². The number of nitrogens with zero attached hydrogens (tertiary/aromatic N) is 12. The first kappa shape index (κ1) is 21.1. The Morgan fingerprint density at radius 3 is 2.25 bits per heavy atom. The number of azide groups is 4. The Bertz CT molecular complexity index is 779. The molecule has 0 spiro atoms. The monoisotopic (exact) mass is 392 g/mol. The summed E-state index contributed by atoms with van der Waals surface area (Å²) in [5.41, 5.74) is 34.5. The maximum Gasteiger partial charge on any atom is 0.170 e. The van der Waals surface area contributed by atoms with Gasteiger partial charge in [-0.2, -0.15) is 0 Å². The Morgan fingerprint density at radius 2 is 1.61 bits per heavy atom. The highest BCUT2D eigenvalue weighted by atomic mass is 16.7. The van der Waals surface area contributed by atoms with Crippen LogP contribution in [0, 0.1) is 0 Å². The summed E-state index contributed by atoms with van der Waals surface area (Å²) >= 11 is 0. The topological polar surface area (TPSA) is 254 Å². The fourth-order valence-electron chi connectivity index (χ4n) is 2.97. The minimum absolute atomic E-state index is 0.0512. The smallest absolute Gasteiger partial charge is 0.170 e. The van der Waals surface area contributed by atoms with Gasteiger partial charge in [0, 0.05) is 19.6 Å². The van der Waals surface area contributed by atoms with Crippen molar-refractivity contribution in [1.29, 1.82) is 0 Å². The van der Waals surface area contributed by atoms with Crippen LogP contribution in [-0.4, -0.2) is 65.6 Å². The van der Waals surface area contributed by atoms with Crippen LogP contribution < -0.4 is 0 Å². The summed E-state index contributed by atoms with van der Waals surface area (Å²) in [5, 5.41) is 34.4. The van der Waals surface area contributed by atoms with Crippen molar-refractivity contribution in [3.63, 3.8) is 0 Å². The Morgan fingerprint density at radius 1 is 0.929 bits per heavy atom. The lowest BCUT2D eigenvalue weighted by Crippen LogP contribution is -2.57. The van der Waals surface area contributed by atoms with Gasteiger partial charge in [-0.25, -0.2) is 0 Å². The van der Waals surface area contributed by atoms with Gasteiger partial charge in [0.1, 0.15) is 12.1 Å². The van der Waals surface area contributed by atoms with E-state index in [1.807, 2.05) is 0 Å². The highest BCUT2D eigenvalue weighted by Crippen LogP contribution is 2.31. The zero-order chi connectivity index (χ0) is 20.5. The van der Waals surface area contributed by atoms with Gasteiger partial charge >= 0.3 is 0 Å². The zero-order valence-corrected chi connectivity index (χ0v) is 14.3. The molecule has 0 saturated heterocycles. The second-order valence-electron chi connectivity index (χ2n) is 5.90. The lowest BCUT2D eigenvalue weighted by molar-refractivity contribution is -0.233. The van der Waals surface area contributed by atoms with Crippen molar-refractivity contribution in [1.82, 2.24) is 0 Å². The van der Waals surface area contributed by atoms with Crippen LogP contribution in [0.15, 0.2) is 32.6 Å². The largest absolute Gasteiger partial charge is 0.390 e. The zero-order valence-electron chi connectivity index (χ0n) is 14.3. The lowest BCUT2D eigenvalue weighted by Gasteiger charge is -2.42. The van der Waals surface area contributed by atoms with Crippen molar-refractivity contribution < 1.29 is 19.7 Å². The third kappa shape index (κ3) is 4.96. The highest BCUT2D eigenvalue weighted by molar-refractivity contribution is 5.06. The van der Waals surface area contributed by atoms with Gasteiger partial charge in [-0.05, 0) is 28.5 Å². The molecular formula is C12H16N12O4. The van der Waals surface area contributed by atoms with Crippen LogP contribution >= 0.6 is 0 Å². The Hall–Kier alpha value is -3.18. The maximum atomic E-state index is 10.4. The fourth-order valence-corrected chi connectivity index (χ4v) is 2.97. The van der Waals surface area contributed by atoms with E-state index < -0.39 is 48.8 Å². The number of rotatable bonds is 7. The summed E-state index contributed by atoms with van der Waals surface area (Å²) in [6.07, 6.45) is -3.22. The minimum Gasteiger partial charge on any atom is -0.390 e. The second-order valence-corrected chi connectivity index (χ2v) is 5.90. The molecule has 0 bridgehead atoms. The minimum atomic E-state index is -1.57. The highest BCUT2D eigenvalue weighted by Gasteiger charge is 2.45. The molecule has 0 radical (unpaired) electrons. The predicted octanol–water partition coefficient (Wildman–Crippen LogP) is 2.13. The predicted molar refractivity (Wildman–Crippen MR) is 92.1 cm³/mol. The number of hydrogen-bond donors (Lipinski definition) is 2. The van der Waals surface area contributed by atoms with Crippen molar-refractivity contribution in [2.75, 3.05) is 6.54 Å². The van der Waals surface area contributed by atoms with E-state index in [4.69, 9.17) is 31.6 Å². The van der Waals surface area contributed by atoms with Crippen molar-refractivity contribution >= 4 is 0 Å². The van der Waals surface area contributed by atoms with Gasteiger partial charge in [0.2, 0.25) is 0 Å². The van der Waals surface area contributed by atoms with E-state index in [1.54, 1.807) is 0 Å². The average Bonchev–Trinajstić information content (AvgIpc) is 2.69. The SMILES string of the molecule is [N-]=[N+]=NCC1C=CC(N=[N+]=[N-])[C@@H](OC2C(N=[N+]=[N-])CC(N=[N+]=[N-])C(O)[C@H]2O)O1. The molecule has 6 unspecified atom stereocenters. The van der Waals surface area contributed by atoms with Crippen molar-refractivity contribution in [2.45, 2.75) is 55.3 Å². The molecule has 1 aliphatic carbocycles. The molecule has 0 aromatic heterocycles. The van der Waals surface area contributed by atoms with E-state index in [2.05, 4.69) is 40.1 Å². The van der Waals surface area contributed by atoms with Crippen LogP contribution in [0.25, 0.3) is 41.8 Å². The lowest BCUT2D eigenvalue weighted by atomic mass is 9.84. The first-order valence-electron chi connectivity index (χ1n) is 8.04. The number of hydrogen-bond acceptors (Lipinski definition) is 8.